The summed E-state index contributed by atoms with van der Waals surface area (Å²) in [6.07, 6.45) is 3.38. The summed E-state index contributed by atoms with van der Waals surface area (Å²) < 4.78 is 0. The molecule has 3 N–H and O–H groups in total. The predicted molar refractivity (Wildman–Crippen MR) is 69.3 cm³/mol. The molecule has 1 atom stereocenters. The molecule has 1 aliphatic heterocycles. The Bertz CT molecular complexity index is 277. The SMILES string of the molecule is CCC(CCNC(=O)CC1CNC1)CCC(=O)O. The van der Waals surface area contributed by atoms with Gasteiger partial charge < -0.3 is 15.7 Å². The summed E-state index contributed by atoms with van der Waals surface area (Å²) in [6.45, 7) is 4.62. The zero-order valence-corrected chi connectivity index (χ0v) is 11.1. The lowest BCUT2D eigenvalue weighted by Crippen LogP contribution is -2.44. The van der Waals surface area contributed by atoms with Crippen molar-refractivity contribution in [2.45, 2.75) is 39.0 Å². The van der Waals surface area contributed by atoms with Gasteiger partial charge in [-0.05, 0) is 37.8 Å². The zero-order valence-electron chi connectivity index (χ0n) is 11.1. The predicted octanol–water partition coefficient (Wildman–Crippen LogP) is 0.993. The molecule has 1 rings (SSSR count). The lowest BCUT2D eigenvalue weighted by Gasteiger charge is -2.26. The van der Waals surface area contributed by atoms with Gasteiger partial charge in [-0.1, -0.05) is 13.3 Å². The van der Waals surface area contributed by atoms with Crippen LogP contribution in [-0.2, 0) is 9.59 Å². The highest BCUT2D eigenvalue weighted by Crippen LogP contribution is 2.14. The van der Waals surface area contributed by atoms with E-state index in [0.29, 0.717) is 31.2 Å². The van der Waals surface area contributed by atoms with Gasteiger partial charge >= 0.3 is 5.97 Å². The molecule has 1 heterocycles. The first-order chi connectivity index (χ1) is 8.61. The van der Waals surface area contributed by atoms with E-state index in [9.17, 15) is 9.59 Å². The van der Waals surface area contributed by atoms with Crippen molar-refractivity contribution in [2.24, 2.45) is 11.8 Å². The smallest absolute Gasteiger partial charge is 0.303 e. The molecule has 1 saturated heterocycles. The number of hydrogen-bond donors (Lipinski definition) is 3. The summed E-state index contributed by atoms with van der Waals surface area (Å²) in [5.74, 6) is 0.273. The first-order valence-electron chi connectivity index (χ1n) is 6.81. The number of carbonyl (C=O) groups excluding carboxylic acids is 1. The topological polar surface area (TPSA) is 78.4 Å². The summed E-state index contributed by atoms with van der Waals surface area (Å²) in [5.41, 5.74) is 0. The fraction of sp³-hybridized carbons (Fsp3) is 0.846. The summed E-state index contributed by atoms with van der Waals surface area (Å²) >= 11 is 0. The van der Waals surface area contributed by atoms with Crippen molar-refractivity contribution >= 4 is 11.9 Å². The lowest BCUT2D eigenvalue weighted by atomic mass is 9.96. The molecule has 0 aromatic carbocycles. The molecular weight excluding hydrogens is 232 g/mol. The van der Waals surface area contributed by atoms with Gasteiger partial charge in [-0.2, -0.15) is 0 Å². The molecule has 1 fully saturated rings. The van der Waals surface area contributed by atoms with Crippen molar-refractivity contribution < 1.29 is 14.7 Å². The molecule has 0 saturated carbocycles. The van der Waals surface area contributed by atoms with Gasteiger partial charge in [0.25, 0.3) is 0 Å². The summed E-state index contributed by atoms with van der Waals surface area (Å²) in [5, 5.41) is 14.7. The third-order valence-corrected chi connectivity index (χ3v) is 3.56. The fourth-order valence-corrected chi connectivity index (χ4v) is 2.12. The highest BCUT2D eigenvalue weighted by molar-refractivity contribution is 5.76. The molecule has 0 aromatic heterocycles. The maximum atomic E-state index is 11.5. The minimum atomic E-state index is -0.741. The van der Waals surface area contributed by atoms with Crippen LogP contribution in [0.5, 0.6) is 0 Å². The number of carboxylic acid groups (broad SMARTS) is 1. The molecule has 1 aliphatic rings. The van der Waals surface area contributed by atoms with Crippen molar-refractivity contribution in [1.29, 1.82) is 0 Å². The van der Waals surface area contributed by atoms with Gasteiger partial charge in [-0.25, -0.2) is 0 Å². The Kier molecular flexibility index (Phi) is 6.72. The Morgan fingerprint density at radius 1 is 1.39 bits per heavy atom. The number of hydrogen-bond acceptors (Lipinski definition) is 3. The minimum absolute atomic E-state index is 0.120. The van der Waals surface area contributed by atoms with Crippen molar-refractivity contribution in [3.63, 3.8) is 0 Å². The highest BCUT2D eigenvalue weighted by Gasteiger charge is 2.19. The van der Waals surface area contributed by atoms with E-state index in [1.54, 1.807) is 0 Å². The molecule has 5 nitrogen and oxygen atoms in total. The molecule has 1 unspecified atom stereocenters. The second kappa shape index (κ2) is 8.08. The molecule has 104 valence electrons. The molecule has 5 heteroatoms. The Morgan fingerprint density at radius 2 is 2.11 bits per heavy atom. The average Bonchev–Trinajstić information content (AvgIpc) is 2.28. The number of nitrogens with one attached hydrogen (secondary N) is 2. The van der Waals surface area contributed by atoms with Crippen molar-refractivity contribution in [3.05, 3.63) is 0 Å². The van der Waals surface area contributed by atoms with Gasteiger partial charge in [0, 0.05) is 19.4 Å². The molecule has 0 aromatic rings. The van der Waals surface area contributed by atoms with Crippen molar-refractivity contribution in [3.8, 4) is 0 Å². The van der Waals surface area contributed by atoms with Gasteiger partial charge in [-0.15, -0.1) is 0 Å². The molecule has 0 aliphatic carbocycles. The number of carbonyl (C=O) groups is 2. The van der Waals surface area contributed by atoms with Crippen LogP contribution in [0.1, 0.15) is 39.0 Å². The van der Waals surface area contributed by atoms with E-state index in [4.69, 9.17) is 5.11 Å². The van der Waals surface area contributed by atoms with E-state index in [1.165, 1.54) is 0 Å². The van der Waals surface area contributed by atoms with Crippen molar-refractivity contribution in [2.75, 3.05) is 19.6 Å². The molecular formula is C13H24N2O3. The van der Waals surface area contributed by atoms with Crippen LogP contribution in [0, 0.1) is 11.8 Å². The molecule has 0 spiro atoms. The third-order valence-electron chi connectivity index (χ3n) is 3.56. The fourth-order valence-electron chi connectivity index (χ4n) is 2.12. The van der Waals surface area contributed by atoms with Gasteiger partial charge in [0.15, 0.2) is 0 Å². The normalized spacial score (nSPS) is 16.9. The van der Waals surface area contributed by atoms with E-state index in [1.807, 2.05) is 0 Å². The molecule has 0 radical (unpaired) electrons. The third kappa shape index (κ3) is 6.00. The van der Waals surface area contributed by atoms with Gasteiger partial charge in [0.05, 0.1) is 0 Å². The van der Waals surface area contributed by atoms with Gasteiger partial charge in [0.1, 0.15) is 0 Å². The number of amides is 1. The second-order valence-electron chi connectivity index (χ2n) is 5.07. The van der Waals surface area contributed by atoms with E-state index < -0.39 is 5.97 Å². The van der Waals surface area contributed by atoms with E-state index >= 15 is 0 Å². The molecule has 0 bridgehead atoms. The number of aliphatic carboxylic acids is 1. The summed E-state index contributed by atoms with van der Waals surface area (Å²) in [7, 11) is 0. The quantitative estimate of drug-likeness (QED) is 0.575. The number of rotatable bonds is 9. The van der Waals surface area contributed by atoms with Crippen LogP contribution in [0.2, 0.25) is 0 Å². The molecule has 18 heavy (non-hydrogen) atoms. The Morgan fingerprint density at radius 3 is 2.61 bits per heavy atom. The number of carboxylic acids is 1. The Hall–Kier alpha value is -1.10. The standard InChI is InChI=1S/C13H24N2O3/c1-2-10(3-4-13(17)18)5-6-15-12(16)7-11-8-14-9-11/h10-11,14H,2-9H2,1H3,(H,15,16)(H,17,18). The second-order valence-corrected chi connectivity index (χ2v) is 5.07. The average molecular weight is 256 g/mol. The van der Waals surface area contributed by atoms with E-state index in [-0.39, 0.29) is 12.3 Å². The van der Waals surface area contributed by atoms with Crippen LogP contribution in [0.25, 0.3) is 0 Å². The first-order valence-corrected chi connectivity index (χ1v) is 6.81. The van der Waals surface area contributed by atoms with Crippen LogP contribution in [0.15, 0.2) is 0 Å². The maximum Gasteiger partial charge on any atom is 0.303 e. The zero-order chi connectivity index (χ0) is 13.4. The molecule has 1 amide bonds. The van der Waals surface area contributed by atoms with E-state index in [0.717, 1.165) is 25.9 Å². The Balaban J connectivity index is 2.06. The van der Waals surface area contributed by atoms with Crippen LogP contribution >= 0.6 is 0 Å². The Labute approximate surface area is 108 Å². The van der Waals surface area contributed by atoms with Crippen LogP contribution < -0.4 is 10.6 Å². The summed E-state index contributed by atoms with van der Waals surface area (Å²) in [6, 6.07) is 0. The largest absolute Gasteiger partial charge is 0.481 e. The monoisotopic (exact) mass is 256 g/mol. The van der Waals surface area contributed by atoms with Crippen molar-refractivity contribution in [1.82, 2.24) is 10.6 Å². The maximum absolute atomic E-state index is 11.5. The van der Waals surface area contributed by atoms with E-state index in [2.05, 4.69) is 17.6 Å². The summed E-state index contributed by atoms with van der Waals surface area (Å²) in [4.78, 5) is 22.0. The first kappa shape index (κ1) is 15.0. The van der Waals surface area contributed by atoms with Crippen LogP contribution in [0.4, 0.5) is 0 Å². The highest BCUT2D eigenvalue weighted by atomic mass is 16.4. The van der Waals surface area contributed by atoms with Crippen LogP contribution in [0.3, 0.4) is 0 Å². The lowest BCUT2D eigenvalue weighted by molar-refractivity contribution is -0.137. The minimum Gasteiger partial charge on any atom is -0.481 e. The van der Waals surface area contributed by atoms with Gasteiger partial charge in [0.2, 0.25) is 5.91 Å². The van der Waals surface area contributed by atoms with Gasteiger partial charge in [-0.3, -0.25) is 9.59 Å². The van der Waals surface area contributed by atoms with Crippen LogP contribution in [-0.4, -0.2) is 36.6 Å².